The van der Waals surface area contributed by atoms with E-state index < -0.39 is 32.4 Å². The van der Waals surface area contributed by atoms with Gasteiger partial charge in [0.2, 0.25) is 5.91 Å². The highest BCUT2D eigenvalue weighted by atomic mass is 32.2. The fourth-order valence-electron chi connectivity index (χ4n) is 5.16. The molecule has 10 nitrogen and oxygen atoms in total. The number of primary sulfonamides is 1. The Bertz CT molecular complexity index is 1890. The third kappa shape index (κ3) is 4.98. The van der Waals surface area contributed by atoms with Crippen molar-refractivity contribution in [2.24, 2.45) is 5.14 Å². The molecule has 5 rings (SSSR count). The van der Waals surface area contributed by atoms with Gasteiger partial charge in [-0.05, 0) is 49.8 Å². The first-order valence-electron chi connectivity index (χ1n) is 12.6. The minimum atomic E-state index is -4.41. The Morgan fingerprint density at radius 2 is 1.85 bits per heavy atom. The highest BCUT2D eigenvalue weighted by molar-refractivity contribution is 7.89. The van der Waals surface area contributed by atoms with Crippen molar-refractivity contribution in [3.05, 3.63) is 89.0 Å². The lowest BCUT2D eigenvalue weighted by Crippen LogP contribution is -2.54. The number of nitrogens with two attached hydrogens (primary N) is 1. The van der Waals surface area contributed by atoms with Crippen LogP contribution < -0.4 is 15.7 Å². The highest BCUT2D eigenvalue weighted by Crippen LogP contribution is 2.35. The fraction of sp³-hybridized carbons (Fsp3) is 0.214. The summed E-state index contributed by atoms with van der Waals surface area (Å²) in [6, 6.07) is 9.19. The third-order valence-electron chi connectivity index (χ3n) is 7.10. The first-order valence-corrected chi connectivity index (χ1v) is 14.1. The van der Waals surface area contributed by atoms with E-state index >= 15 is 4.39 Å². The smallest absolute Gasteiger partial charge is 0.350 e. The molecule has 41 heavy (non-hydrogen) atoms. The van der Waals surface area contributed by atoms with Gasteiger partial charge in [-0.1, -0.05) is 24.8 Å². The number of amides is 1. The van der Waals surface area contributed by atoms with Crippen LogP contribution in [0.4, 0.5) is 14.6 Å². The molecule has 0 spiro atoms. The number of hydrogen-bond donors (Lipinski definition) is 1. The number of fused-ring (bicyclic) bond motifs is 1. The molecule has 1 aliphatic rings. The number of aromatic nitrogens is 3. The molecule has 2 N–H and O–H groups in total. The van der Waals surface area contributed by atoms with Crippen molar-refractivity contribution in [3.63, 3.8) is 0 Å². The molecule has 1 fully saturated rings. The van der Waals surface area contributed by atoms with E-state index in [1.807, 2.05) is 6.92 Å². The lowest BCUT2D eigenvalue weighted by molar-refractivity contribution is -0.126. The van der Waals surface area contributed by atoms with Crippen LogP contribution in [0.1, 0.15) is 12.5 Å². The molecular weight excluding hydrogens is 554 g/mol. The molecule has 0 saturated carbocycles. The zero-order valence-electron chi connectivity index (χ0n) is 22.2. The van der Waals surface area contributed by atoms with Crippen molar-refractivity contribution in [2.45, 2.75) is 24.9 Å². The summed E-state index contributed by atoms with van der Waals surface area (Å²) in [6.07, 6.45) is 2.46. The lowest BCUT2D eigenvalue weighted by atomic mass is 10.0. The number of hydrogen-bond acceptors (Lipinski definition) is 7. The van der Waals surface area contributed by atoms with Gasteiger partial charge in [0.25, 0.3) is 10.0 Å². The summed E-state index contributed by atoms with van der Waals surface area (Å²) in [5.74, 6) is -1.57. The highest BCUT2D eigenvalue weighted by Gasteiger charge is 2.31. The first-order chi connectivity index (χ1) is 19.4. The first kappa shape index (κ1) is 28.1. The number of benzene rings is 2. The topological polar surface area (TPSA) is 131 Å². The van der Waals surface area contributed by atoms with Gasteiger partial charge in [0.1, 0.15) is 17.5 Å². The second-order valence-electron chi connectivity index (χ2n) is 9.74. The molecule has 0 bridgehead atoms. The molecule has 1 amide bonds. The minimum Gasteiger partial charge on any atom is -0.350 e. The zero-order chi connectivity index (χ0) is 29.6. The normalized spacial score (nSPS) is 15.8. The van der Waals surface area contributed by atoms with Gasteiger partial charge >= 0.3 is 5.69 Å². The number of anilines is 1. The SMILES string of the molecule is C=CC(=O)N1CCN(c2nc(=O)n(-c3c(C)ccnc3S(N)(=O)=O)c3cc(-c4ccccc4F)c(F)cc23)[C@@H](C)C1. The molecule has 1 saturated heterocycles. The van der Waals surface area contributed by atoms with Crippen LogP contribution in [0.3, 0.4) is 0 Å². The number of nitrogens with zero attached hydrogens (tertiary/aromatic N) is 5. The summed E-state index contributed by atoms with van der Waals surface area (Å²) < 4.78 is 56.5. The largest absolute Gasteiger partial charge is 0.354 e. The van der Waals surface area contributed by atoms with E-state index in [0.29, 0.717) is 18.7 Å². The maximum absolute atomic E-state index is 15.7. The van der Waals surface area contributed by atoms with Gasteiger partial charge in [0, 0.05) is 48.4 Å². The zero-order valence-corrected chi connectivity index (χ0v) is 23.0. The maximum Gasteiger partial charge on any atom is 0.354 e. The molecule has 0 radical (unpaired) electrons. The molecule has 2 aromatic carbocycles. The molecule has 4 aromatic rings. The van der Waals surface area contributed by atoms with Crippen molar-refractivity contribution < 1.29 is 22.0 Å². The van der Waals surface area contributed by atoms with Crippen molar-refractivity contribution in [3.8, 4) is 16.8 Å². The average molecular weight is 581 g/mol. The van der Waals surface area contributed by atoms with Crippen LogP contribution >= 0.6 is 0 Å². The second kappa shape index (κ2) is 10.5. The number of halogens is 2. The van der Waals surface area contributed by atoms with Gasteiger partial charge in [-0.2, -0.15) is 4.98 Å². The van der Waals surface area contributed by atoms with Crippen LogP contribution in [0.15, 0.2) is 71.1 Å². The number of carbonyl (C=O) groups excluding carboxylic acids is 1. The van der Waals surface area contributed by atoms with Crippen LogP contribution in [-0.2, 0) is 14.8 Å². The Kier molecular flexibility index (Phi) is 7.17. The van der Waals surface area contributed by atoms with Crippen molar-refractivity contribution in [1.82, 2.24) is 19.4 Å². The molecule has 3 heterocycles. The van der Waals surface area contributed by atoms with E-state index in [-0.39, 0.29) is 52.0 Å². The summed E-state index contributed by atoms with van der Waals surface area (Å²) in [4.78, 5) is 37.5. The Hall–Kier alpha value is -4.49. The van der Waals surface area contributed by atoms with E-state index in [0.717, 1.165) is 10.6 Å². The molecule has 212 valence electrons. The van der Waals surface area contributed by atoms with Gasteiger partial charge in [-0.25, -0.2) is 32.1 Å². The number of rotatable bonds is 5. The standard InChI is InChI=1S/C28H26F2N6O4S/c1-4-24(37)34-11-12-35(17(3)15-34)26-20-13-22(30)19(18-7-5-6-8-21(18)29)14-23(20)36(28(38)33-26)25-16(2)9-10-32-27(25)41(31,39)40/h4-10,13-14,17H,1,11-12,15H2,2-3H3,(H2,31,39,40)/t17-/m0/s1. The summed E-state index contributed by atoms with van der Waals surface area (Å²) in [5, 5.41) is 5.05. The van der Waals surface area contributed by atoms with Gasteiger partial charge in [-0.15, -0.1) is 0 Å². The number of carbonyl (C=O) groups is 1. The molecule has 0 aliphatic carbocycles. The van der Waals surface area contributed by atoms with Crippen molar-refractivity contribution >= 4 is 32.7 Å². The van der Waals surface area contributed by atoms with E-state index in [1.54, 1.807) is 22.8 Å². The Labute approximate surface area is 234 Å². The third-order valence-corrected chi connectivity index (χ3v) is 7.93. The molecule has 0 unspecified atom stereocenters. The van der Waals surface area contributed by atoms with Crippen molar-refractivity contribution in [2.75, 3.05) is 24.5 Å². The van der Waals surface area contributed by atoms with Crippen LogP contribution in [0.2, 0.25) is 0 Å². The van der Waals surface area contributed by atoms with E-state index in [9.17, 15) is 22.4 Å². The lowest BCUT2D eigenvalue weighted by Gasteiger charge is -2.40. The van der Waals surface area contributed by atoms with Crippen LogP contribution in [0.25, 0.3) is 27.7 Å². The van der Waals surface area contributed by atoms with Crippen LogP contribution in [0, 0.1) is 18.6 Å². The van der Waals surface area contributed by atoms with Gasteiger partial charge in [-0.3, -0.25) is 9.36 Å². The van der Waals surface area contributed by atoms with Crippen LogP contribution in [-0.4, -0.2) is 59.4 Å². The van der Waals surface area contributed by atoms with E-state index in [1.165, 1.54) is 42.6 Å². The monoisotopic (exact) mass is 580 g/mol. The van der Waals surface area contributed by atoms with Crippen LogP contribution in [0.5, 0.6) is 0 Å². The Morgan fingerprint density at radius 1 is 1.12 bits per heavy atom. The molecule has 1 atom stereocenters. The second-order valence-corrected chi connectivity index (χ2v) is 11.2. The van der Waals surface area contributed by atoms with Gasteiger partial charge < -0.3 is 9.80 Å². The van der Waals surface area contributed by atoms with Gasteiger partial charge in [0.05, 0.1) is 11.2 Å². The maximum atomic E-state index is 15.7. The Balaban J connectivity index is 1.84. The average Bonchev–Trinajstić information content (AvgIpc) is 2.92. The summed E-state index contributed by atoms with van der Waals surface area (Å²) in [7, 11) is -4.41. The predicted molar refractivity (Wildman–Crippen MR) is 150 cm³/mol. The molecule has 13 heteroatoms. The van der Waals surface area contributed by atoms with Crippen molar-refractivity contribution in [1.29, 1.82) is 0 Å². The molecular formula is C28H26F2N6O4S. The number of sulfonamides is 1. The minimum absolute atomic E-state index is 0.0521. The summed E-state index contributed by atoms with van der Waals surface area (Å²) in [5.41, 5.74) is -0.820. The predicted octanol–water partition coefficient (Wildman–Crippen LogP) is 2.90. The molecule has 2 aromatic heterocycles. The summed E-state index contributed by atoms with van der Waals surface area (Å²) >= 11 is 0. The quantitative estimate of drug-likeness (QED) is 0.359. The number of pyridine rings is 1. The van der Waals surface area contributed by atoms with Gasteiger partial charge in [0.15, 0.2) is 5.03 Å². The Morgan fingerprint density at radius 3 is 2.51 bits per heavy atom. The summed E-state index contributed by atoms with van der Waals surface area (Å²) in [6.45, 7) is 7.79. The fourth-order valence-corrected chi connectivity index (χ4v) is 5.89. The molecule has 1 aliphatic heterocycles. The number of piperazine rings is 1. The van der Waals surface area contributed by atoms with E-state index in [2.05, 4.69) is 16.5 Å². The van der Waals surface area contributed by atoms with E-state index in [4.69, 9.17) is 5.14 Å². The number of aryl methyl sites for hydroxylation is 1.